The highest BCUT2D eigenvalue weighted by molar-refractivity contribution is 5.96. The summed E-state index contributed by atoms with van der Waals surface area (Å²) in [7, 11) is 0. The molecule has 0 atom stereocenters. The first kappa shape index (κ1) is 20.0. The fourth-order valence-corrected chi connectivity index (χ4v) is 2.13. The normalized spacial score (nSPS) is 10.1. The number of esters is 2. The Morgan fingerprint density at radius 3 is 2.33 bits per heavy atom. The number of unbranched alkanes of at least 4 members (excludes halogenated alkanes) is 1. The molecule has 0 saturated carbocycles. The van der Waals surface area contributed by atoms with Crippen molar-refractivity contribution >= 4 is 23.5 Å². The third-order valence-corrected chi connectivity index (χ3v) is 3.55. The average molecular weight is 371 g/mol. The quantitative estimate of drug-likeness (QED) is 0.546. The average Bonchev–Trinajstić information content (AvgIpc) is 2.67. The van der Waals surface area contributed by atoms with E-state index >= 15 is 0 Å². The summed E-state index contributed by atoms with van der Waals surface area (Å²) in [6.45, 7) is 1.90. The zero-order valence-corrected chi connectivity index (χ0v) is 14.9. The van der Waals surface area contributed by atoms with Crippen LogP contribution in [0.25, 0.3) is 0 Å². The molecule has 0 bridgehead atoms. The molecule has 0 spiro atoms. The number of anilines is 1. The lowest BCUT2D eigenvalue weighted by molar-refractivity contribution is -0.119. The van der Waals surface area contributed by atoms with Crippen molar-refractivity contribution in [3.05, 3.63) is 59.7 Å². The maximum absolute atomic E-state index is 11.9. The van der Waals surface area contributed by atoms with Crippen molar-refractivity contribution in [1.82, 2.24) is 0 Å². The molecule has 0 fully saturated rings. The molecule has 27 heavy (non-hydrogen) atoms. The topological polar surface area (TPSA) is 102 Å². The van der Waals surface area contributed by atoms with Crippen molar-refractivity contribution in [2.75, 3.05) is 18.5 Å². The highest BCUT2D eigenvalue weighted by atomic mass is 16.5. The fraction of sp³-hybridized carbons (Fsp3) is 0.250. The van der Waals surface area contributed by atoms with Crippen molar-refractivity contribution in [2.45, 2.75) is 19.8 Å². The van der Waals surface area contributed by atoms with Crippen LogP contribution in [-0.2, 0) is 14.3 Å². The Hall–Kier alpha value is -3.35. The predicted molar refractivity (Wildman–Crippen MR) is 98.7 cm³/mol. The molecule has 142 valence electrons. The van der Waals surface area contributed by atoms with Gasteiger partial charge >= 0.3 is 11.9 Å². The summed E-state index contributed by atoms with van der Waals surface area (Å²) in [6.07, 6.45) is 1.75. The Morgan fingerprint density at radius 2 is 1.67 bits per heavy atom. The van der Waals surface area contributed by atoms with Gasteiger partial charge in [0.2, 0.25) is 0 Å². The van der Waals surface area contributed by atoms with Crippen LogP contribution < -0.4 is 5.32 Å². The predicted octanol–water partition coefficient (Wildman–Crippen LogP) is 3.14. The second-order valence-corrected chi connectivity index (χ2v) is 5.74. The first-order valence-corrected chi connectivity index (χ1v) is 8.52. The molecule has 0 heterocycles. The van der Waals surface area contributed by atoms with Crippen LogP contribution in [0.1, 0.15) is 40.5 Å². The van der Waals surface area contributed by atoms with Crippen molar-refractivity contribution < 1.29 is 29.0 Å². The van der Waals surface area contributed by atoms with E-state index in [1.807, 2.05) is 6.92 Å². The molecule has 1 amide bonds. The molecule has 2 N–H and O–H groups in total. The Bertz CT molecular complexity index is 800. The number of carbonyl (C=O) groups is 3. The van der Waals surface area contributed by atoms with Crippen molar-refractivity contribution in [3.63, 3.8) is 0 Å². The SMILES string of the molecule is CCCCOC(=O)c1ccc(NC(=O)COC(=O)c2cccc(O)c2)cc1. The largest absolute Gasteiger partial charge is 0.508 e. The van der Waals surface area contributed by atoms with Crippen LogP contribution in [0.5, 0.6) is 5.75 Å². The maximum Gasteiger partial charge on any atom is 0.338 e. The van der Waals surface area contributed by atoms with Gasteiger partial charge in [-0.05, 0) is 48.9 Å². The number of aromatic hydroxyl groups is 1. The maximum atomic E-state index is 11.9. The lowest BCUT2D eigenvalue weighted by Gasteiger charge is -2.08. The minimum atomic E-state index is -0.716. The van der Waals surface area contributed by atoms with Gasteiger partial charge in [0, 0.05) is 5.69 Å². The number of rotatable bonds is 8. The number of amides is 1. The molecule has 0 saturated heterocycles. The van der Waals surface area contributed by atoms with Gasteiger partial charge in [0.25, 0.3) is 5.91 Å². The van der Waals surface area contributed by atoms with E-state index in [1.54, 1.807) is 24.3 Å². The van der Waals surface area contributed by atoms with Crippen molar-refractivity contribution in [2.24, 2.45) is 0 Å². The number of nitrogens with one attached hydrogen (secondary N) is 1. The minimum Gasteiger partial charge on any atom is -0.508 e. The Balaban J connectivity index is 1.81. The molecule has 0 aliphatic rings. The lowest BCUT2D eigenvalue weighted by Crippen LogP contribution is -2.21. The van der Waals surface area contributed by atoms with Gasteiger partial charge in [-0.3, -0.25) is 4.79 Å². The summed E-state index contributed by atoms with van der Waals surface area (Å²) in [6, 6.07) is 11.9. The van der Waals surface area contributed by atoms with Gasteiger partial charge in [-0.1, -0.05) is 19.4 Å². The first-order valence-electron chi connectivity index (χ1n) is 8.52. The minimum absolute atomic E-state index is 0.0674. The molecule has 0 aromatic heterocycles. The van der Waals surface area contributed by atoms with Crippen LogP contribution in [0.3, 0.4) is 0 Å². The molecular weight excluding hydrogens is 350 g/mol. The molecule has 7 nitrogen and oxygen atoms in total. The van der Waals surface area contributed by atoms with E-state index in [2.05, 4.69) is 5.32 Å². The van der Waals surface area contributed by atoms with Gasteiger partial charge in [-0.15, -0.1) is 0 Å². The number of carbonyl (C=O) groups excluding carboxylic acids is 3. The first-order chi connectivity index (χ1) is 13.0. The van der Waals surface area contributed by atoms with Gasteiger partial charge in [0.05, 0.1) is 17.7 Å². The van der Waals surface area contributed by atoms with E-state index in [-0.39, 0.29) is 11.3 Å². The van der Waals surface area contributed by atoms with Crippen LogP contribution in [0.15, 0.2) is 48.5 Å². The number of hydrogen-bond donors (Lipinski definition) is 2. The van der Waals surface area contributed by atoms with Gasteiger partial charge < -0.3 is 19.9 Å². The fourth-order valence-electron chi connectivity index (χ4n) is 2.13. The Kier molecular flexibility index (Phi) is 7.37. The molecule has 0 aliphatic heterocycles. The Labute approximate surface area is 156 Å². The van der Waals surface area contributed by atoms with Crippen LogP contribution in [0.2, 0.25) is 0 Å². The van der Waals surface area contributed by atoms with E-state index in [0.717, 1.165) is 12.8 Å². The van der Waals surface area contributed by atoms with Gasteiger partial charge in [-0.2, -0.15) is 0 Å². The van der Waals surface area contributed by atoms with Crippen LogP contribution in [0.4, 0.5) is 5.69 Å². The summed E-state index contributed by atoms with van der Waals surface area (Å²) in [5.41, 5.74) is 0.992. The summed E-state index contributed by atoms with van der Waals surface area (Å²) in [5.74, 6) is -1.73. The van der Waals surface area contributed by atoms with E-state index in [9.17, 15) is 19.5 Å². The molecule has 2 aromatic rings. The number of phenolic OH excluding ortho intramolecular Hbond substituents is 1. The number of ether oxygens (including phenoxy) is 2. The molecule has 0 radical (unpaired) electrons. The molecule has 2 rings (SSSR count). The van der Waals surface area contributed by atoms with Crippen molar-refractivity contribution in [1.29, 1.82) is 0 Å². The Morgan fingerprint density at radius 1 is 0.963 bits per heavy atom. The zero-order valence-electron chi connectivity index (χ0n) is 14.9. The van der Waals surface area contributed by atoms with Gasteiger partial charge in [0.15, 0.2) is 6.61 Å². The number of hydrogen-bond acceptors (Lipinski definition) is 6. The highest BCUT2D eigenvalue weighted by Crippen LogP contribution is 2.13. The number of benzene rings is 2. The van der Waals surface area contributed by atoms with E-state index in [0.29, 0.717) is 17.9 Å². The molecular formula is C20H21NO6. The molecule has 7 heteroatoms. The monoisotopic (exact) mass is 371 g/mol. The highest BCUT2D eigenvalue weighted by Gasteiger charge is 2.12. The number of phenols is 1. The standard InChI is InChI=1S/C20H21NO6/c1-2-3-11-26-19(24)14-7-9-16(10-8-14)21-18(23)13-27-20(25)15-5-4-6-17(22)12-15/h4-10,12,22H,2-3,11,13H2,1H3,(H,21,23). The van der Waals surface area contributed by atoms with Crippen molar-refractivity contribution in [3.8, 4) is 5.75 Å². The molecule has 2 aromatic carbocycles. The second kappa shape index (κ2) is 9.96. The van der Waals surface area contributed by atoms with E-state index < -0.39 is 24.5 Å². The third kappa shape index (κ3) is 6.47. The summed E-state index contributed by atoms with van der Waals surface area (Å²) in [4.78, 5) is 35.5. The third-order valence-electron chi connectivity index (χ3n) is 3.55. The van der Waals surface area contributed by atoms with Crippen LogP contribution in [-0.4, -0.2) is 36.2 Å². The molecule has 0 unspecified atom stereocenters. The van der Waals surface area contributed by atoms with Crippen LogP contribution in [0, 0.1) is 0 Å². The summed E-state index contributed by atoms with van der Waals surface area (Å²) in [5, 5.41) is 11.9. The van der Waals surface area contributed by atoms with E-state index in [1.165, 1.54) is 24.3 Å². The second-order valence-electron chi connectivity index (χ2n) is 5.74. The lowest BCUT2D eigenvalue weighted by atomic mass is 10.2. The summed E-state index contributed by atoms with van der Waals surface area (Å²) >= 11 is 0. The van der Waals surface area contributed by atoms with Gasteiger partial charge in [-0.25, -0.2) is 9.59 Å². The zero-order chi connectivity index (χ0) is 19.6. The summed E-state index contributed by atoms with van der Waals surface area (Å²) < 4.78 is 10.0. The van der Waals surface area contributed by atoms with Gasteiger partial charge in [0.1, 0.15) is 5.75 Å². The smallest absolute Gasteiger partial charge is 0.338 e. The van der Waals surface area contributed by atoms with Crippen LogP contribution >= 0.6 is 0 Å². The van der Waals surface area contributed by atoms with E-state index in [4.69, 9.17) is 9.47 Å². The molecule has 0 aliphatic carbocycles.